The molecular weight excluding hydrogens is 460 g/mol. The van der Waals surface area contributed by atoms with E-state index in [2.05, 4.69) is 26.0 Å². The molecule has 0 saturated carbocycles. The Bertz CT molecular complexity index is 1240. The Hall–Kier alpha value is -3.37. The highest BCUT2D eigenvalue weighted by molar-refractivity contribution is 9.10. The zero-order chi connectivity index (χ0) is 20.4. The van der Waals surface area contributed by atoms with Crippen molar-refractivity contribution in [1.82, 2.24) is 4.98 Å². The van der Waals surface area contributed by atoms with Gasteiger partial charge >= 0.3 is 11.8 Å². The topological polar surface area (TPSA) is 102 Å². The molecule has 0 aliphatic rings. The smallest absolute Gasteiger partial charge is 0.395 e. The standard InChI is InChI=1S/C19H11BrN4O4S/c20-13-6-7-14-16(10-13)29-19(22-14)23(21-11-12-4-2-1-3-5-12)18(25)15-8-9-17(28-15)24(26)27/h1-11H/b21-11+. The quantitative estimate of drug-likeness (QED) is 0.225. The zero-order valence-electron chi connectivity index (χ0n) is 14.6. The molecular formula is C19H11BrN4O4S. The van der Waals surface area contributed by atoms with Crippen LogP contribution in [0.3, 0.4) is 0 Å². The highest BCUT2D eigenvalue weighted by Gasteiger charge is 2.26. The fraction of sp³-hybridized carbons (Fsp3) is 0. The summed E-state index contributed by atoms with van der Waals surface area (Å²) in [6.07, 6.45) is 1.51. The molecule has 0 spiro atoms. The second kappa shape index (κ2) is 7.94. The Labute approximate surface area is 176 Å². The summed E-state index contributed by atoms with van der Waals surface area (Å²) in [6, 6.07) is 17.2. The highest BCUT2D eigenvalue weighted by Crippen LogP contribution is 2.32. The third-order valence-electron chi connectivity index (χ3n) is 3.82. The minimum atomic E-state index is -0.705. The molecule has 4 aromatic rings. The number of carbonyl (C=O) groups excluding carboxylic acids is 1. The molecule has 0 saturated heterocycles. The molecule has 144 valence electrons. The van der Waals surface area contributed by atoms with Crippen molar-refractivity contribution >= 4 is 60.6 Å². The van der Waals surface area contributed by atoms with Crippen molar-refractivity contribution in [2.24, 2.45) is 5.10 Å². The Morgan fingerprint density at radius 2 is 2.00 bits per heavy atom. The Kier molecular flexibility index (Phi) is 5.19. The van der Waals surface area contributed by atoms with Crippen molar-refractivity contribution < 1.29 is 14.1 Å². The molecule has 0 N–H and O–H groups in total. The summed E-state index contributed by atoms with van der Waals surface area (Å²) < 4.78 is 6.80. The van der Waals surface area contributed by atoms with Gasteiger partial charge in [-0.05, 0) is 29.8 Å². The van der Waals surface area contributed by atoms with Crippen LogP contribution in [-0.2, 0) is 0 Å². The predicted molar refractivity (Wildman–Crippen MR) is 114 cm³/mol. The van der Waals surface area contributed by atoms with E-state index in [1.807, 2.05) is 48.5 Å². The summed E-state index contributed by atoms with van der Waals surface area (Å²) >= 11 is 4.68. The molecule has 2 heterocycles. The number of nitro groups is 1. The molecule has 0 radical (unpaired) electrons. The van der Waals surface area contributed by atoms with Crippen LogP contribution in [0.5, 0.6) is 0 Å². The van der Waals surface area contributed by atoms with E-state index in [-0.39, 0.29) is 5.76 Å². The Morgan fingerprint density at radius 1 is 1.21 bits per heavy atom. The van der Waals surface area contributed by atoms with Crippen molar-refractivity contribution in [2.75, 3.05) is 5.01 Å². The summed E-state index contributed by atoms with van der Waals surface area (Å²) in [5.41, 5.74) is 1.48. The molecule has 0 bridgehead atoms. The summed E-state index contributed by atoms with van der Waals surface area (Å²) in [4.78, 5) is 27.6. The van der Waals surface area contributed by atoms with Gasteiger partial charge in [-0.1, -0.05) is 57.6 Å². The van der Waals surface area contributed by atoms with Crippen LogP contribution in [-0.4, -0.2) is 22.0 Å². The fourth-order valence-electron chi connectivity index (χ4n) is 2.47. The molecule has 0 unspecified atom stereocenters. The number of hydrogen-bond donors (Lipinski definition) is 0. The molecule has 0 fully saturated rings. The van der Waals surface area contributed by atoms with Crippen LogP contribution >= 0.6 is 27.3 Å². The normalized spacial score (nSPS) is 11.2. The minimum Gasteiger partial charge on any atom is -0.395 e. The number of fused-ring (bicyclic) bond motifs is 1. The van der Waals surface area contributed by atoms with E-state index >= 15 is 0 Å². The lowest BCUT2D eigenvalue weighted by atomic mass is 10.2. The molecule has 2 aromatic carbocycles. The van der Waals surface area contributed by atoms with E-state index in [4.69, 9.17) is 4.42 Å². The van der Waals surface area contributed by atoms with Crippen molar-refractivity contribution in [3.63, 3.8) is 0 Å². The molecule has 29 heavy (non-hydrogen) atoms. The maximum absolute atomic E-state index is 13.0. The van der Waals surface area contributed by atoms with Crippen molar-refractivity contribution in [1.29, 1.82) is 0 Å². The van der Waals surface area contributed by atoms with Crippen LogP contribution in [0, 0.1) is 10.1 Å². The maximum atomic E-state index is 13.0. The minimum absolute atomic E-state index is 0.206. The van der Waals surface area contributed by atoms with Gasteiger partial charge in [-0.2, -0.15) is 10.1 Å². The van der Waals surface area contributed by atoms with Gasteiger partial charge in [0.1, 0.15) is 4.92 Å². The second-order valence-corrected chi connectivity index (χ2v) is 7.70. The van der Waals surface area contributed by atoms with Gasteiger partial charge < -0.3 is 4.42 Å². The molecule has 10 heteroatoms. The number of anilines is 1. The van der Waals surface area contributed by atoms with Gasteiger partial charge in [-0.25, -0.2) is 4.98 Å². The second-order valence-electron chi connectivity index (χ2n) is 5.78. The lowest BCUT2D eigenvalue weighted by molar-refractivity contribution is -0.402. The zero-order valence-corrected chi connectivity index (χ0v) is 17.0. The molecule has 1 amide bonds. The van der Waals surface area contributed by atoms with E-state index in [1.54, 1.807) is 0 Å². The third-order valence-corrected chi connectivity index (χ3v) is 5.30. The first-order valence-electron chi connectivity index (χ1n) is 8.25. The fourth-order valence-corrected chi connectivity index (χ4v) is 3.95. The number of hydrazone groups is 1. The summed E-state index contributed by atoms with van der Waals surface area (Å²) in [7, 11) is 0. The average molecular weight is 471 g/mol. The van der Waals surface area contributed by atoms with Gasteiger partial charge in [0, 0.05) is 4.47 Å². The summed E-state index contributed by atoms with van der Waals surface area (Å²) in [5, 5.41) is 16.5. The number of nitrogens with zero attached hydrogens (tertiary/aromatic N) is 4. The largest absolute Gasteiger partial charge is 0.433 e. The van der Waals surface area contributed by atoms with Crippen LogP contribution in [0.15, 0.2) is 74.7 Å². The molecule has 0 aliphatic heterocycles. The number of halogens is 1. The van der Waals surface area contributed by atoms with Gasteiger partial charge in [0.25, 0.3) is 0 Å². The van der Waals surface area contributed by atoms with E-state index in [0.29, 0.717) is 10.6 Å². The monoisotopic (exact) mass is 470 g/mol. The van der Waals surface area contributed by atoms with Gasteiger partial charge in [0.05, 0.1) is 22.5 Å². The first-order valence-corrected chi connectivity index (χ1v) is 9.86. The average Bonchev–Trinajstić information content (AvgIpc) is 3.36. The van der Waals surface area contributed by atoms with E-state index in [1.165, 1.54) is 23.6 Å². The van der Waals surface area contributed by atoms with Gasteiger partial charge in [0.2, 0.25) is 10.9 Å². The summed E-state index contributed by atoms with van der Waals surface area (Å²) in [6.45, 7) is 0. The van der Waals surface area contributed by atoms with E-state index in [9.17, 15) is 14.9 Å². The first kappa shape index (κ1) is 19.0. The Balaban J connectivity index is 1.75. The predicted octanol–water partition coefficient (Wildman–Crippen LogP) is 5.24. The number of carbonyl (C=O) groups is 1. The van der Waals surface area contributed by atoms with Crippen molar-refractivity contribution in [3.8, 4) is 0 Å². The van der Waals surface area contributed by atoms with Crippen LogP contribution in [0.1, 0.15) is 16.1 Å². The number of aromatic nitrogens is 1. The highest BCUT2D eigenvalue weighted by atomic mass is 79.9. The number of hydrogen-bond acceptors (Lipinski definition) is 7. The first-order chi connectivity index (χ1) is 14.0. The Morgan fingerprint density at radius 3 is 2.72 bits per heavy atom. The number of thiazole rings is 1. The van der Waals surface area contributed by atoms with E-state index < -0.39 is 16.7 Å². The lowest BCUT2D eigenvalue weighted by Crippen LogP contribution is -2.25. The van der Waals surface area contributed by atoms with E-state index in [0.717, 1.165) is 25.8 Å². The van der Waals surface area contributed by atoms with Crippen LogP contribution < -0.4 is 5.01 Å². The number of benzene rings is 2. The SMILES string of the molecule is O=C(c1ccc([N+](=O)[O-])o1)N(/N=C/c1ccccc1)c1nc2ccc(Br)cc2s1. The number of amides is 1. The molecule has 4 rings (SSSR count). The number of rotatable bonds is 5. The van der Waals surface area contributed by atoms with Crippen molar-refractivity contribution in [3.05, 3.63) is 86.6 Å². The third kappa shape index (κ3) is 4.08. The van der Waals surface area contributed by atoms with Crippen LogP contribution in [0.4, 0.5) is 11.0 Å². The maximum Gasteiger partial charge on any atom is 0.433 e. The van der Waals surface area contributed by atoms with Crippen molar-refractivity contribution in [2.45, 2.75) is 0 Å². The van der Waals surface area contributed by atoms with Gasteiger partial charge in [-0.3, -0.25) is 14.9 Å². The summed E-state index contributed by atoms with van der Waals surface area (Å²) in [5.74, 6) is -1.39. The van der Waals surface area contributed by atoms with Gasteiger partial charge in [0.15, 0.2) is 0 Å². The number of furan rings is 1. The molecule has 8 nitrogen and oxygen atoms in total. The van der Waals surface area contributed by atoms with Crippen LogP contribution in [0.25, 0.3) is 10.2 Å². The molecule has 2 aromatic heterocycles. The molecule has 0 aliphatic carbocycles. The van der Waals surface area contributed by atoms with Gasteiger partial charge in [-0.15, -0.1) is 0 Å². The molecule has 0 atom stereocenters. The lowest BCUT2D eigenvalue weighted by Gasteiger charge is -2.11. The van der Waals surface area contributed by atoms with Crippen LogP contribution in [0.2, 0.25) is 0 Å².